The molecule has 0 bridgehead atoms. The Kier molecular flexibility index (Phi) is 5.89. The lowest BCUT2D eigenvalue weighted by atomic mass is 9.79. The number of hydrogen-bond acceptors (Lipinski definition) is 6. The van der Waals surface area contributed by atoms with Crippen LogP contribution in [-0.2, 0) is 0 Å². The molecule has 1 aromatic carbocycles. The highest BCUT2D eigenvalue weighted by atomic mass is 19.1. The van der Waals surface area contributed by atoms with Gasteiger partial charge in [-0.25, -0.2) is 14.4 Å². The molecule has 0 unspecified atom stereocenters. The maximum atomic E-state index is 15.0. The molecule has 0 atom stereocenters. The van der Waals surface area contributed by atoms with Crippen LogP contribution in [0.25, 0.3) is 22.2 Å². The molecule has 3 aromatic heterocycles. The first-order chi connectivity index (χ1) is 17.5. The molecule has 1 saturated carbocycles. The Morgan fingerprint density at radius 1 is 1.06 bits per heavy atom. The predicted octanol–water partition coefficient (Wildman–Crippen LogP) is 5.10. The van der Waals surface area contributed by atoms with Gasteiger partial charge in [-0.05, 0) is 73.6 Å². The van der Waals surface area contributed by atoms with Crippen LogP contribution in [0.1, 0.15) is 43.6 Å². The number of H-pyrrole nitrogens is 1. The van der Waals surface area contributed by atoms with E-state index in [2.05, 4.69) is 25.2 Å². The molecular weight excluding hydrogens is 457 g/mol. The first kappa shape index (κ1) is 22.7. The Morgan fingerprint density at radius 2 is 1.89 bits per heavy atom. The molecule has 1 aliphatic heterocycles. The summed E-state index contributed by atoms with van der Waals surface area (Å²) in [6.45, 7) is 1.57. The van der Waals surface area contributed by atoms with Crippen LogP contribution in [0.5, 0.6) is 0 Å². The first-order valence-electron chi connectivity index (χ1n) is 12.5. The number of fused-ring (bicyclic) bond motifs is 1. The van der Waals surface area contributed by atoms with Crippen molar-refractivity contribution < 1.29 is 9.50 Å². The van der Waals surface area contributed by atoms with Crippen LogP contribution in [0.3, 0.4) is 0 Å². The van der Waals surface area contributed by atoms with Gasteiger partial charge in [0.2, 0.25) is 0 Å². The second kappa shape index (κ2) is 9.35. The fourth-order valence-corrected chi connectivity index (χ4v) is 5.07. The molecular formula is C28H28FN5O2. The van der Waals surface area contributed by atoms with Crippen LogP contribution >= 0.6 is 0 Å². The zero-order chi connectivity index (χ0) is 24.6. The number of benzene rings is 1. The minimum atomic E-state index is -0.338. The third-order valence-electron chi connectivity index (χ3n) is 7.41. The average molecular weight is 486 g/mol. The smallest absolute Gasteiger partial charge is 0.259 e. The van der Waals surface area contributed by atoms with Crippen molar-refractivity contribution in [2.75, 3.05) is 23.3 Å². The number of rotatable bonds is 5. The highest BCUT2D eigenvalue weighted by Gasteiger charge is 2.22. The third-order valence-corrected chi connectivity index (χ3v) is 7.41. The summed E-state index contributed by atoms with van der Waals surface area (Å²) in [6, 6.07) is 12.6. The van der Waals surface area contributed by atoms with E-state index in [4.69, 9.17) is 0 Å². The Morgan fingerprint density at radius 3 is 2.61 bits per heavy atom. The molecule has 0 amide bonds. The van der Waals surface area contributed by atoms with Gasteiger partial charge in [0, 0.05) is 24.8 Å². The molecule has 7 nitrogen and oxygen atoms in total. The van der Waals surface area contributed by atoms with Gasteiger partial charge in [-0.1, -0.05) is 12.5 Å². The van der Waals surface area contributed by atoms with Crippen molar-refractivity contribution in [3.8, 4) is 11.3 Å². The van der Waals surface area contributed by atoms with Crippen LogP contribution < -0.4 is 15.8 Å². The van der Waals surface area contributed by atoms with Crippen molar-refractivity contribution in [3.63, 3.8) is 0 Å². The van der Waals surface area contributed by atoms with E-state index in [1.807, 2.05) is 24.3 Å². The number of halogens is 1. The minimum absolute atomic E-state index is 0.235. The van der Waals surface area contributed by atoms with E-state index in [1.54, 1.807) is 24.5 Å². The Balaban J connectivity index is 1.36. The number of aliphatic hydroxyl groups is 1. The Bertz CT molecular complexity index is 1460. The van der Waals surface area contributed by atoms with Crippen molar-refractivity contribution in [1.29, 1.82) is 0 Å². The Labute approximate surface area is 208 Å². The van der Waals surface area contributed by atoms with E-state index >= 15 is 0 Å². The summed E-state index contributed by atoms with van der Waals surface area (Å²) in [6.07, 6.45) is 8.04. The quantitative estimate of drug-likeness (QED) is 0.364. The molecule has 1 saturated heterocycles. The lowest BCUT2D eigenvalue weighted by Crippen LogP contribution is -2.35. The number of hydrogen-bond donors (Lipinski definition) is 3. The lowest BCUT2D eigenvalue weighted by molar-refractivity contribution is 0.145. The summed E-state index contributed by atoms with van der Waals surface area (Å²) in [4.78, 5) is 26.8. The number of piperidine rings is 1. The molecule has 3 N–H and O–H groups in total. The maximum Gasteiger partial charge on any atom is 0.259 e. The van der Waals surface area contributed by atoms with Gasteiger partial charge < -0.3 is 20.3 Å². The highest BCUT2D eigenvalue weighted by molar-refractivity contribution is 5.94. The van der Waals surface area contributed by atoms with Gasteiger partial charge in [-0.2, -0.15) is 0 Å². The molecule has 4 aromatic rings. The molecule has 8 heteroatoms. The second-order valence-corrected chi connectivity index (χ2v) is 9.73. The zero-order valence-electron chi connectivity index (χ0n) is 19.9. The summed E-state index contributed by atoms with van der Waals surface area (Å²) < 4.78 is 15.0. The van der Waals surface area contributed by atoms with Gasteiger partial charge in [0.25, 0.3) is 5.56 Å². The van der Waals surface area contributed by atoms with Crippen LogP contribution in [0.2, 0.25) is 0 Å². The number of nitrogens with one attached hydrogen (secondary N) is 2. The molecule has 1 aliphatic carbocycles. The topological polar surface area (TPSA) is 94.1 Å². The summed E-state index contributed by atoms with van der Waals surface area (Å²) >= 11 is 0. The van der Waals surface area contributed by atoms with Gasteiger partial charge >= 0.3 is 0 Å². The normalized spacial score (nSPS) is 16.8. The van der Waals surface area contributed by atoms with Crippen molar-refractivity contribution in [2.24, 2.45) is 0 Å². The fraction of sp³-hybridized carbons (Fsp3) is 0.321. The number of aromatic amines is 1. The van der Waals surface area contributed by atoms with Gasteiger partial charge in [0.15, 0.2) is 0 Å². The monoisotopic (exact) mass is 485 g/mol. The highest BCUT2D eigenvalue weighted by Crippen LogP contribution is 2.39. The SMILES string of the molecule is O=c1[nH]ccc2nc(-c3cc(C4CCC4)ccc3F)cc(Nc3ccc(N4CCC(O)CC4)cn3)c12. The fourth-order valence-electron chi connectivity index (χ4n) is 5.07. The summed E-state index contributed by atoms with van der Waals surface area (Å²) in [7, 11) is 0. The zero-order valence-corrected chi connectivity index (χ0v) is 19.9. The van der Waals surface area contributed by atoms with E-state index in [0.29, 0.717) is 39.6 Å². The summed E-state index contributed by atoms with van der Waals surface area (Å²) in [5, 5.41) is 13.4. The number of pyridine rings is 3. The average Bonchev–Trinajstić information content (AvgIpc) is 2.85. The number of nitrogens with zero attached hydrogens (tertiary/aromatic N) is 3. The van der Waals surface area contributed by atoms with Crippen molar-refractivity contribution in [1.82, 2.24) is 15.0 Å². The second-order valence-electron chi connectivity index (χ2n) is 9.73. The molecule has 0 radical (unpaired) electrons. The van der Waals surface area contributed by atoms with Gasteiger partial charge in [-0.15, -0.1) is 0 Å². The molecule has 184 valence electrons. The molecule has 2 fully saturated rings. The van der Waals surface area contributed by atoms with Crippen LogP contribution in [0.4, 0.5) is 21.6 Å². The molecule has 2 aliphatic rings. The van der Waals surface area contributed by atoms with E-state index in [9.17, 15) is 14.3 Å². The standard InChI is InChI=1S/C28H28FN5O2/c29-22-6-4-18(17-2-1-3-17)14-21(22)24-15-25(27-23(32-24)8-11-30-28(27)36)33-26-7-5-19(16-31-26)34-12-9-20(35)10-13-34/h4-8,11,14-17,20,35H,1-3,9-10,12-13H2,(H,30,36)(H,31,32,33). The largest absolute Gasteiger partial charge is 0.393 e. The maximum absolute atomic E-state index is 15.0. The summed E-state index contributed by atoms with van der Waals surface area (Å²) in [5.41, 5.74) is 3.74. The van der Waals surface area contributed by atoms with E-state index in [-0.39, 0.29) is 17.5 Å². The third kappa shape index (κ3) is 4.33. The minimum Gasteiger partial charge on any atom is -0.393 e. The van der Waals surface area contributed by atoms with Gasteiger partial charge in [0.1, 0.15) is 11.6 Å². The van der Waals surface area contributed by atoms with E-state index in [1.165, 1.54) is 12.5 Å². The number of anilines is 3. The predicted molar refractivity (Wildman–Crippen MR) is 139 cm³/mol. The van der Waals surface area contributed by atoms with Crippen molar-refractivity contribution in [3.05, 3.63) is 76.6 Å². The van der Waals surface area contributed by atoms with Gasteiger partial charge in [0.05, 0.1) is 40.3 Å². The van der Waals surface area contributed by atoms with E-state index in [0.717, 1.165) is 50.0 Å². The lowest BCUT2D eigenvalue weighted by Gasteiger charge is -2.31. The molecule has 6 rings (SSSR count). The van der Waals surface area contributed by atoms with Crippen LogP contribution in [0.15, 0.2) is 59.7 Å². The molecule has 36 heavy (non-hydrogen) atoms. The Hall–Kier alpha value is -3.78. The van der Waals surface area contributed by atoms with Crippen LogP contribution in [0, 0.1) is 5.82 Å². The van der Waals surface area contributed by atoms with E-state index < -0.39 is 0 Å². The first-order valence-corrected chi connectivity index (χ1v) is 12.5. The van der Waals surface area contributed by atoms with Gasteiger partial charge in [-0.3, -0.25) is 4.79 Å². The number of aromatic nitrogens is 3. The van der Waals surface area contributed by atoms with Crippen LogP contribution in [-0.4, -0.2) is 39.3 Å². The molecule has 4 heterocycles. The van der Waals surface area contributed by atoms with Crippen molar-refractivity contribution in [2.45, 2.75) is 44.1 Å². The number of aliphatic hydroxyl groups excluding tert-OH is 1. The van der Waals surface area contributed by atoms with Crippen molar-refractivity contribution >= 4 is 28.1 Å². The molecule has 0 spiro atoms. The summed E-state index contributed by atoms with van der Waals surface area (Å²) in [5.74, 6) is 0.701.